The van der Waals surface area contributed by atoms with Crippen molar-refractivity contribution in [3.05, 3.63) is 131 Å². The van der Waals surface area contributed by atoms with Gasteiger partial charge in [0, 0.05) is 10.0 Å². The summed E-state index contributed by atoms with van der Waals surface area (Å²) in [5.41, 5.74) is 6.24. The minimum Gasteiger partial charge on any atom is -0.272 e. The third kappa shape index (κ3) is 3.54. The number of benzene rings is 3. The Morgan fingerprint density at radius 2 is 1.76 bits per heavy atom. The molecule has 0 N–H and O–H groups in total. The third-order valence-electron chi connectivity index (χ3n) is 6.23. The Kier molecular flexibility index (Phi) is 5.00. The van der Waals surface area contributed by atoms with Crippen LogP contribution in [0.2, 0.25) is 0 Å². The van der Waals surface area contributed by atoms with Crippen LogP contribution in [0.5, 0.6) is 0 Å². The quantitative estimate of drug-likeness (QED) is 0.359. The molecule has 0 fully saturated rings. The second-order valence-electron chi connectivity index (χ2n) is 8.22. The Morgan fingerprint density at radius 3 is 2.55 bits per heavy atom. The topological polar surface area (TPSA) is 34.4 Å². The maximum atomic E-state index is 13.7. The number of aromatic nitrogens is 1. The van der Waals surface area contributed by atoms with Crippen molar-refractivity contribution in [3.8, 4) is 0 Å². The average molecular weight is 517 g/mol. The van der Waals surface area contributed by atoms with Crippen LogP contribution in [0.3, 0.4) is 0 Å². The molecule has 0 saturated heterocycles. The summed E-state index contributed by atoms with van der Waals surface area (Å²) < 4.78 is 17.1. The molecule has 1 atom stereocenters. The van der Waals surface area contributed by atoms with Crippen LogP contribution >= 0.6 is 27.3 Å². The van der Waals surface area contributed by atoms with E-state index in [2.05, 4.69) is 34.1 Å². The summed E-state index contributed by atoms with van der Waals surface area (Å²) in [5.74, 6) is -0.287. The van der Waals surface area contributed by atoms with Gasteiger partial charge in [0.25, 0.3) is 5.56 Å². The van der Waals surface area contributed by atoms with Crippen LogP contribution in [-0.4, -0.2) is 4.57 Å². The van der Waals surface area contributed by atoms with Crippen molar-refractivity contribution in [1.29, 1.82) is 0 Å². The largest absolute Gasteiger partial charge is 0.272 e. The molecule has 2 heterocycles. The molecule has 1 aliphatic heterocycles. The Morgan fingerprint density at radius 1 is 1.00 bits per heavy atom. The first-order valence-corrected chi connectivity index (χ1v) is 12.3. The molecule has 0 amide bonds. The Labute approximate surface area is 202 Å². The number of hydrogen-bond acceptors (Lipinski definition) is 3. The molecule has 0 radical (unpaired) electrons. The molecule has 6 rings (SSSR count). The molecule has 1 aromatic heterocycles. The lowest BCUT2D eigenvalue weighted by Gasteiger charge is -2.30. The van der Waals surface area contributed by atoms with Crippen LogP contribution in [0.25, 0.3) is 11.8 Å². The van der Waals surface area contributed by atoms with Crippen molar-refractivity contribution >= 4 is 39.0 Å². The van der Waals surface area contributed by atoms with Gasteiger partial charge in [-0.15, -0.1) is 0 Å². The second-order valence-corrected chi connectivity index (χ2v) is 10.1. The van der Waals surface area contributed by atoms with E-state index in [1.807, 2.05) is 36.4 Å². The van der Waals surface area contributed by atoms with E-state index in [0.29, 0.717) is 9.33 Å². The van der Waals surface area contributed by atoms with Crippen molar-refractivity contribution in [1.82, 2.24) is 4.57 Å². The molecule has 3 nitrogen and oxygen atoms in total. The van der Waals surface area contributed by atoms with Gasteiger partial charge in [-0.3, -0.25) is 9.36 Å². The van der Waals surface area contributed by atoms with Gasteiger partial charge in [0.1, 0.15) is 5.82 Å². The Bertz CT molecular complexity index is 1600. The van der Waals surface area contributed by atoms with E-state index < -0.39 is 0 Å². The summed E-state index contributed by atoms with van der Waals surface area (Å²) in [4.78, 5) is 19.3. The van der Waals surface area contributed by atoms with E-state index in [-0.39, 0.29) is 17.4 Å². The van der Waals surface area contributed by atoms with E-state index in [0.717, 1.165) is 45.3 Å². The molecule has 0 saturated carbocycles. The van der Waals surface area contributed by atoms with Crippen molar-refractivity contribution in [2.45, 2.75) is 18.9 Å². The number of allylic oxidation sites excluding steroid dienone is 1. The highest BCUT2D eigenvalue weighted by atomic mass is 79.9. The molecular formula is C27H18BrFN2OS. The summed E-state index contributed by atoms with van der Waals surface area (Å²) in [6.45, 7) is 0. The third-order valence-corrected chi connectivity index (χ3v) is 7.74. The van der Waals surface area contributed by atoms with E-state index in [1.54, 1.807) is 16.7 Å². The maximum Gasteiger partial charge on any atom is 0.271 e. The van der Waals surface area contributed by atoms with Gasteiger partial charge in [-0.05, 0) is 65.4 Å². The van der Waals surface area contributed by atoms with Crippen LogP contribution < -0.4 is 14.9 Å². The fourth-order valence-corrected chi connectivity index (χ4v) is 5.94. The van der Waals surface area contributed by atoms with Gasteiger partial charge in [0.2, 0.25) is 0 Å². The molecular weight excluding hydrogens is 499 g/mol. The molecule has 162 valence electrons. The number of hydrogen-bond donors (Lipinski definition) is 0. The number of halogens is 2. The van der Waals surface area contributed by atoms with Gasteiger partial charge in [0.15, 0.2) is 4.80 Å². The van der Waals surface area contributed by atoms with Gasteiger partial charge in [-0.1, -0.05) is 75.8 Å². The molecule has 0 unspecified atom stereocenters. The Balaban J connectivity index is 1.62. The highest BCUT2D eigenvalue weighted by Gasteiger charge is 2.32. The number of rotatable bonds is 2. The first kappa shape index (κ1) is 20.5. The van der Waals surface area contributed by atoms with E-state index in [4.69, 9.17) is 4.99 Å². The van der Waals surface area contributed by atoms with E-state index in [1.165, 1.54) is 29.0 Å². The smallest absolute Gasteiger partial charge is 0.271 e. The zero-order valence-corrected chi connectivity index (χ0v) is 19.9. The molecule has 0 bridgehead atoms. The lowest BCUT2D eigenvalue weighted by molar-refractivity contribution is 0.581. The van der Waals surface area contributed by atoms with Gasteiger partial charge >= 0.3 is 0 Å². The number of nitrogens with zero attached hydrogens (tertiary/aromatic N) is 2. The number of aryl methyl sites for hydroxylation is 1. The van der Waals surface area contributed by atoms with Crippen LogP contribution in [0.4, 0.5) is 4.39 Å². The van der Waals surface area contributed by atoms with Crippen LogP contribution in [-0.2, 0) is 6.42 Å². The highest BCUT2D eigenvalue weighted by Crippen LogP contribution is 2.41. The number of fused-ring (bicyclic) bond motifs is 3. The van der Waals surface area contributed by atoms with Crippen molar-refractivity contribution in [2.24, 2.45) is 4.99 Å². The summed E-state index contributed by atoms with van der Waals surface area (Å²) in [6.07, 6.45) is 3.62. The van der Waals surface area contributed by atoms with Crippen LogP contribution in [0, 0.1) is 5.82 Å². The SMILES string of the molecule is O=c1/c(=C\c2ccc(Br)cc2)sc2n1[C@H](c1ccc(F)cc1)C1=C(N=2)c2ccccc2CC1. The molecule has 1 aliphatic carbocycles. The predicted molar refractivity (Wildman–Crippen MR) is 133 cm³/mol. The molecule has 3 aromatic carbocycles. The van der Waals surface area contributed by atoms with Gasteiger partial charge < -0.3 is 0 Å². The fourth-order valence-electron chi connectivity index (χ4n) is 4.68. The van der Waals surface area contributed by atoms with Gasteiger partial charge in [-0.2, -0.15) is 0 Å². The molecule has 2 aliphatic rings. The molecule has 33 heavy (non-hydrogen) atoms. The Hall–Kier alpha value is -3.09. The molecule has 6 heteroatoms. The lowest BCUT2D eigenvalue weighted by Crippen LogP contribution is -2.38. The van der Waals surface area contributed by atoms with Crippen molar-refractivity contribution in [2.75, 3.05) is 0 Å². The summed E-state index contributed by atoms with van der Waals surface area (Å²) in [5, 5.41) is 0. The number of thiazole rings is 1. The monoisotopic (exact) mass is 516 g/mol. The van der Waals surface area contributed by atoms with E-state index in [9.17, 15) is 9.18 Å². The summed E-state index contributed by atoms with van der Waals surface area (Å²) in [7, 11) is 0. The first-order valence-electron chi connectivity index (χ1n) is 10.7. The highest BCUT2D eigenvalue weighted by molar-refractivity contribution is 9.10. The molecule has 0 spiro atoms. The zero-order chi connectivity index (χ0) is 22.5. The van der Waals surface area contributed by atoms with Crippen LogP contribution in [0.15, 0.2) is 92.6 Å². The minimum absolute atomic E-state index is 0.0681. The predicted octanol–water partition coefficient (Wildman–Crippen LogP) is 5.22. The normalized spacial score (nSPS) is 17.3. The van der Waals surface area contributed by atoms with Crippen molar-refractivity contribution in [3.63, 3.8) is 0 Å². The average Bonchev–Trinajstić information content (AvgIpc) is 3.14. The fraction of sp³-hybridized carbons (Fsp3) is 0.111. The van der Waals surface area contributed by atoms with E-state index >= 15 is 0 Å². The van der Waals surface area contributed by atoms with Crippen molar-refractivity contribution < 1.29 is 4.39 Å². The summed E-state index contributed by atoms with van der Waals surface area (Å²) in [6, 6.07) is 22.4. The molecule has 4 aromatic rings. The zero-order valence-electron chi connectivity index (χ0n) is 17.5. The lowest BCUT2D eigenvalue weighted by atomic mass is 9.83. The maximum absolute atomic E-state index is 13.7. The first-order chi connectivity index (χ1) is 16.1. The van der Waals surface area contributed by atoms with Crippen LogP contribution in [0.1, 0.15) is 34.7 Å². The summed E-state index contributed by atoms with van der Waals surface area (Å²) >= 11 is 4.86. The second kappa shape index (κ2) is 8.04. The minimum atomic E-state index is -0.294. The standard InChI is InChI=1S/C27H18BrFN2OS/c28-19-10-5-16(6-11-19)15-23-26(32)31-25(18-7-12-20(29)13-8-18)22-14-9-17-3-1-2-4-21(17)24(22)30-27(31)33-23/h1-8,10-13,15,25H,9,14H2/b23-15+/t25-/m1/s1. The van der Waals surface area contributed by atoms with Gasteiger partial charge in [-0.25, -0.2) is 9.38 Å². The van der Waals surface area contributed by atoms with Gasteiger partial charge in [0.05, 0.1) is 16.3 Å².